The molecule has 0 aliphatic heterocycles. The van der Waals surface area contributed by atoms with Crippen molar-refractivity contribution in [2.24, 2.45) is 11.7 Å². The van der Waals surface area contributed by atoms with E-state index in [0.717, 1.165) is 22.9 Å². The molecule has 1 aliphatic rings. The molecule has 2 unspecified atom stereocenters. The summed E-state index contributed by atoms with van der Waals surface area (Å²) in [6.07, 6.45) is 3.60. The summed E-state index contributed by atoms with van der Waals surface area (Å²) < 4.78 is 5.40. The van der Waals surface area contributed by atoms with Crippen molar-refractivity contribution in [3.63, 3.8) is 0 Å². The summed E-state index contributed by atoms with van der Waals surface area (Å²) in [5, 5.41) is 4.15. The fraction of sp³-hybridized carbons (Fsp3) is 0.467. The Labute approximate surface area is 113 Å². The number of rotatable bonds is 3. The van der Waals surface area contributed by atoms with Crippen LogP contribution in [0.25, 0.3) is 11.5 Å². The van der Waals surface area contributed by atoms with Gasteiger partial charge in [-0.2, -0.15) is 4.98 Å². The molecular weight excluding hydrogens is 238 g/mol. The first kappa shape index (κ1) is 12.4. The topological polar surface area (TPSA) is 64.9 Å². The highest BCUT2D eigenvalue weighted by Crippen LogP contribution is 2.37. The van der Waals surface area contributed by atoms with Crippen molar-refractivity contribution < 1.29 is 4.52 Å². The first-order valence-corrected chi connectivity index (χ1v) is 6.89. The molecule has 2 aromatic rings. The van der Waals surface area contributed by atoms with Crippen molar-refractivity contribution in [2.75, 3.05) is 0 Å². The third-order valence-electron chi connectivity index (χ3n) is 3.91. The molecule has 4 nitrogen and oxygen atoms in total. The lowest BCUT2D eigenvalue weighted by molar-refractivity contribution is 0.414. The van der Waals surface area contributed by atoms with Crippen LogP contribution < -0.4 is 5.73 Å². The van der Waals surface area contributed by atoms with E-state index in [9.17, 15) is 0 Å². The zero-order valence-corrected chi connectivity index (χ0v) is 11.2. The molecule has 3 rings (SSSR count). The van der Waals surface area contributed by atoms with Gasteiger partial charge < -0.3 is 10.3 Å². The minimum absolute atomic E-state index is 0.463. The van der Waals surface area contributed by atoms with Crippen molar-refractivity contribution in [1.82, 2.24) is 10.1 Å². The van der Waals surface area contributed by atoms with Gasteiger partial charge in [-0.3, -0.25) is 0 Å². The Hall–Kier alpha value is -1.68. The van der Waals surface area contributed by atoms with Gasteiger partial charge in [0.05, 0.1) is 0 Å². The van der Waals surface area contributed by atoms with Gasteiger partial charge in [0, 0.05) is 18.0 Å². The summed E-state index contributed by atoms with van der Waals surface area (Å²) in [5.41, 5.74) is 7.68. The molecule has 100 valence electrons. The molecule has 0 spiro atoms. The zero-order valence-electron chi connectivity index (χ0n) is 11.2. The Balaban J connectivity index is 1.84. The van der Waals surface area contributed by atoms with E-state index >= 15 is 0 Å². The highest BCUT2D eigenvalue weighted by molar-refractivity contribution is 5.54. The fourth-order valence-corrected chi connectivity index (χ4v) is 2.79. The first-order chi connectivity index (χ1) is 9.26. The predicted octanol–water partition coefficient (Wildman–Crippen LogP) is 3.10. The fourth-order valence-electron chi connectivity index (χ4n) is 2.79. The second kappa shape index (κ2) is 5.13. The Kier molecular flexibility index (Phi) is 3.34. The number of hydrogen-bond donors (Lipinski definition) is 1. The Morgan fingerprint density at radius 3 is 3.00 bits per heavy atom. The van der Waals surface area contributed by atoms with Gasteiger partial charge in [-0.1, -0.05) is 24.2 Å². The van der Waals surface area contributed by atoms with E-state index in [1.54, 1.807) is 0 Å². The van der Waals surface area contributed by atoms with Gasteiger partial charge in [0.1, 0.15) is 0 Å². The first-order valence-electron chi connectivity index (χ1n) is 6.89. The van der Waals surface area contributed by atoms with Crippen LogP contribution in [0.5, 0.6) is 0 Å². The number of hydrogen-bond acceptors (Lipinski definition) is 4. The SMILES string of the molecule is CC1CCC(c2noc(-c3cccc(CN)c3)n2)C1. The molecule has 0 amide bonds. The lowest BCUT2D eigenvalue weighted by Gasteiger charge is -2.01. The molecule has 4 heteroatoms. The maximum atomic E-state index is 5.65. The van der Waals surface area contributed by atoms with E-state index in [1.165, 1.54) is 19.3 Å². The van der Waals surface area contributed by atoms with E-state index < -0.39 is 0 Å². The molecule has 1 aromatic heterocycles. The van der Waals surface area contributed by atoms with Crippen LogP contribution in [0, 0.1) is 5.92 Å². The minimum Gasteiger partial charge on any atom is -0.334 e. The molecule has 1 saturated carbocycles. The Morgan fingerprint density at radius 2 is 2.26 bits per heavy atom. The lowest BCUT2D eigenvalue weighted by Crippen LogP contribution is -1.97. The maximum Gasteiger partial charge on any atom is 0.257 e. The standard InChI is InChI=1S/C15H19N3O/c1-10-5-6-12(7-10)14-17-15(19-18-14)13-4-2-3-11(8-13)9-16/h2-4,8,10,12H,5-7,9,16H2,1H3. The van der Waals surface area contributed by atoms with Gasteiger partial charge in [0.25, 0.3) is 5.89 Å². The highest BCUT2D eigenvalue weighted by atomic mass is 16.5. The van der Waals surface area contributed by atoms with Gasteiger partial charge in [0.15, 0.2) is 5.82 Å². The maximum absolute atomic E-state index is 5.65. The largest absolute Gasteiger partial charge is 0.334 e. The van der Waals surface area contributed by atoms with Crippen LogP contribution in [0.15, 0.2) is 28.8 Å². The Bertz CT molecular complexity index is 564. The van der Waals surface area contributed by atoms with Crippen molar-refractivity contribution in [3.05, 3.63) is 35.7 Å². The molecule has 19 heavy (non-hydrogen) atoms. The average molecular weight is 257 g/mol. The van der Waals surface area contributed by atoms with Crippen LogP contribution in [0.2, 0.25) is 0 Å². The molecule has 2 atom stereocenters. The van der Waals surface area contributed by atoms with Crippen LogP contribution in [-0.2, 0) is 6.54 Å². The van der Waals surface area contributed by atoms with Crippen molar-refractivity contribution in [2.45, 2.75) is 38.6 Å². The lowest BCUT2D eigenvalue weighted by atomic mass is 10.1. The molecule has 2 N–H and O–H groups in total. The molecule has 0 saturated heterocycles. The van der Waals surface area contributed by atoms with Crippen molar-refractivity contribution >= 4 is 0 Å². The predicted molar refractivity (Wildman–Crippen MR) is 73.4 cm³/mol. The normalized spacial score (nSPS) is 22.8. The smallest absolute Gasteiger partial charge is 0.257 e. The molecular formula is C15H19N3O. The van der Waals surface area contributed by atoms with Gasteiger partial charge in [-0.05, 0) is 42.9 Å². The molecule has 0 bridgehead atoms. The number of benzene rings is 1. The Morgan fingerprint density at radius 1 is 1.37 bits per heavy atom. The van der Waals surface area contributed by atoms with E-state index in [0.29, 0.717) is 18.4 Å². The van der Waals surface area contributed by atoms with Gasteiger partial charge >= 0.3 is 0 Å². The van der Waals surface area contributed by atoms with Crippen LogP contribution in [0.4, 0.5) is 0 Å². The van der Waals surface area contributed by atoms with Crippen LogP contribution in [0.3, 0.4) is 0 Å². The summed E-state index contributed by atoms with van der Waals surface area (Å²) in [4.78, 5) is 4.55. The van der Waals surface area contributed by atoms with E-state index in [1.807, 2.05) is 24.3 Å². The van der Waals surface area contributed by atoms with E-state index in [4.69, 9.17) is 10.3 Å². The summed E-state index contributed by atoms with van der Waals surface area (Å²) in [7, 11) is 0. The number of nitrogens with two attached hydrogens (primary N) is 1. The number of nitrogens with zero attached hydrogens (tertiary/aromatic N) is 2. The van der Waals surface area contributed by atoms with Crippen molar-refractivity contribution in [1.29, 1.82) is 0 Å². The summed E-state index contributed by atoms with van der Waals surface area (Å²) in [6, 6.07) is 7.96. The molecule has 1 aromatic carbocycles. The average Bonchev–Trinajstić information content (AvgIpc) is 3.07. The van der Waals surface area contributed by atoms with E-state index in [2.05, 4.69) is 17.1 Å². The van der Waals surface area contributed by atoms with Crippen LogP contribution >= 0.6 is 0 Å². The molecule has 1 fully saturated rings. The minimum atomic E-state index is 0.463. The monoisotopic (exact) mass is 257 g/mol. The number of aromatic nitrogens is 2. The summed E-state index contributed by atoms with van der Waals surface area (Å²) >= 11 is 0. The molecule has 1 aliphatic carbocycles. The third kappa shape index (κ3) is 2.54. The second-order valence-corrected chi connectivity index (χ2v) is 5.48. The van der Waals surface area contributed by atoms with Gasteiger partial charge in [-0.25, -0.2) is 0 Å². The molecule has 0 radical (unpaired) electrons. The second-order valence-electron chi connectivity index (χ2n) is 5.48. The van der Waals surface area contributed by atoms with Gasteiger partial charge in [0.2, 0.25) is 0 Å². The summed E-state index contributed by atoms with van der Waals surface area (Å²) in [6.45, 7) is 2.81. The highest BCUT2D eigenvalue weighted by Gasteiger charge is 2.26. The zero-order chi connectivity index (χ0) is 13.2. The molecule has 1 heterocycles. The van der Waals surface area contributed by atoms with Crippen LogP contribution in [0.1, 0.15) is 43.5 Å². The van der Waals surface area contributed by atoms with Gasteiger partial charge in [-0.15, -0.1) is 0 Å². The summed E-state index contributed by atoms with van der Waals surface area (Å²) in [5.74, 6) is 2.69. The van der Waals surface area contributed by atoms with E-state index in [-0.39, 0.29) is 0 Å². The van der Waals surface area contributed by atoms with Crippen LogP contribution in [-0.4, -0.2) is 10.1 Å². The van der Waals surface area contributed by atoms with Crippen molar-refractivity contribution in [3.8, 4) is 11.5 Å². The quantitative estimate of drug-likeness (QED) is 0.917. The third-order valence-corrected chi connectivity index (χ3v) is 3.91.